The van der Waals surface area contributed by atoms with E-state index < -0.39 is 73.7 Å². The molecule has 0 aromatic heterocycles. The second-order valence-electron chi connectivity index (χ2n) is 7.67. The van der Waals surface area contributed by atoms with Crippen molar-refractivity contribution < 1.29 is 49.5 Å². The lowest BCUT2D eigenvalue weighted by molar-refractivity contribution is -0.396. The largest absolute Gasteiger partial charge is 0.462 e. The average Bonchev–Trinajstić information content (AvgIpc) is 2.86. The molecule has 3 rings (SSSR count). The van der Waals surface area contributed by atoms with Crippen LogP contribution in [0.1, 0.15) is 22.3 Å². The standard InChI is InChI=1S/C22H16F4N2O9S/c23-21(24,10-11-36-20(29)16-9-8-14-4-1-2-5-15(14)12-16)22(25,26)38(34,35)37-13-17-18(27(30)31)6-3-7-19(17)28(32)33/h1-9,12H,10-11,13H2. The Morgan fingerprint density at radius 1 is 0.868 bits per heavy atom. The summed E-state index contributed by atoms with van der Waals surface area (Å²) in [6, 6.07) is 13.3. The molecule has 3 aromatic carbocycles. The number of carbonyl (C=O) groups excluding carboxylic acids is 1. The van der Waals surface area contributed by atoms with Crippen LogP contribution in [0.5, 0.6) is 0 Å². The number of hydrogen-bond donors (Lipinski definition) is 0. The van der Waals surface area contributed by atoms with E-state index in [1.165, 1.54) is 12.1 Å². The van der Waals surface area contributed by atoms with E-state index >= 15 is 0 Å². The molecule has 0 aliphatic rings. The third-order valence-electron chi connectivity index (χ3n) is 5.25. The fraction of sp³-hybridized carbons (Fsp3) is 0.227. The van der Waals surface area contributed by atoms with Gasteiger partial charge >= 0.3 is 27.3 Å². The summed E-state index contributed by atoms with van der Waals surface area (Å²) in [5, 5.41) is 17.6. The molecule has 0 unspecified atom stereocenters. The Balaban J connectivity index is 1.71. The third kappa shape index (κ3) is 5.70. The van der Waals surface area contributed by atoms with Crippen LogP contribution in [0.2, 0.25) is 0 Å². The van der Waals surface area contributed by atoms with Crippen LogP contribution in [0.4, 0.5) is 28.9 Å². The van der Waals surface area contributed by atoms with Gasteiger partial charge in [0.15, 0.2) is 0 Å². The van der Waals surface area contributed by atoms with Crippen molar-refractivity contribution in [1.29, 1.82) is 0 Å². The number of halogens is 4. The first-order valence-electron chi connectivity index (χ1n) is 10.4. The van der Waals surface area contributed by atoms with Gasteiger partial charge in [-0.3, -0.25) is 24.4 Å². The first-order valence-corrected chi connectivity index (χ1v) is 11.8. The highest BCUT2D eigenvalue weighted by atomic mass is 32.2. The van der Waals surface area contributed by atoms with Gasteiger partial charge < -0.3 is 4.74 Å². The van der Waals surface area contributed by atoms with Crippen LogP contribution in [0.15, 0.2) is 60.7 Å². The second kappa shape index (κ2) is 10.7. The van der Waals surface area contributed by atoms with E-state index in [-0.39, 0.29) is 5.56 Å². The molecule has 0 aliphatic carbocycles. The van der Waals surface area contributed by atoms with Gasteiger partial charge in [-0.05, 0) is 29.0 Å². The Morgan fingerprint density at radius 3 is 2.03 bits per heavy atom. The molecule has 0 heterocycles. The van der Waals surface area contributed by atoms with Gasteiger partial charge in [0.05, 0.1) is 28.4 Å². The smallest absolute Gasteiger partial charge is 0.431 e. The molecule has 16 heteroatoms. The number of nitro benzene ring substituents is 2. The molecule has 0 spiro atoms. The summed E-state index contributed by atoms with van der Waals surface area (Å²) < 4.78 is 89.7. The molecule has 0 fully saturated rings. The summed E-state index contributed by atoms with van der Waals surface area (Å²) >= 11 is 0. The number of nitro groups is 2. The van der Waals surface area contributed by atoms with E-state index in [0.29, 0.717) is 17.5 Å². The highest BCUT2D eigenvalue weighted by Crippen LogP contribution is 2.43. The molecule has 202 valence electrons. The van der Waals surface area contributed by atoms with Gasteiger partial charge in [0.1, 0.15) is 12.2 Å². The molecule has 0 N–H and O–H groups in total. The zero-order valence-electron chi connectivity index (χ0n) is 18.9. The van der Waals surface area contributed by atoms with E-state index in [1.54, 1.807) is 30.3 Å². The van der Waals surface area contributed by atoms with Crippen molar-refractivity contribution in [3.05, 3.63) is 92.0 Å². The number of alkyl halides is 4. The summed E-state index contributed by atoms with van der Waals surface area (Å²) in [6.07, 6.45) is -1.94. The number of ether oxygens (including phenoxy) is 1. The zero-order valence-corrected chi connectivity index (χ0v) is 19.7. The minimum Gasteiger partial charge on any atom is -0.462 e. The lowest BCUT2D eigenvalue weighted by Gasteiger charge is -2.25. The van der Waals surface area contributed by atoms with Crippen molar-refractivity contribution in [2.75, 3.05) is 6.61 Å². The van der Waals surface area contributed by atoms with Crippen LogP contribution in [0.25, 0.3) is 10.8 Å². The van der Waals surface area contributed by atoms with Crippen molar-refractivity contribution in [2.24, 2.45) is 0 Å². The highest BCUT2D eigenvalue weighted by molar-refractivity contribution is 7.87. The number of fused-ring (bicyclic) bond motifs is 1. The second-order valence-corrected chi connectivity index (χ2v) is 9.33. The Morgan fingerprint density at radius 2 is 1.45 bits per heavy atom. The number of hydrogen-bond acceptors (Lipinski definition) is 9. The summed E-state index contributed by atoms with van der Waals surface area (Å²) in [6.45, 7) is -3.00. The van der Waals surface area contributed by atoms with Gasteiger partial charge in [-0.15, -0.1) is 0 Å². The van der Waals surface area contributed by atoms with Crippen LogP contribution < -0.4 is 0 Å². The van der Waals surface area contributed by atoms with Gasteiger partial charge in [-0.2, -0.15) is 26.0 Å². The van der Waals surface area contributed by atoms with E-state index in [4.69, 9.17) is 0 Å². The van der Waals surface area contributed by atoms with Gasteiger partial charge in [-0.1, -0.05) is 30.3 Å². The Bertz CT molecular complexity index is 1480. The quantitative estimate of drug-likeness (QED) is 0.104. The fourth-order valence-corrected chi connectivity index (χ4v) is 4.15. The maximum Gasteiger partial charge on any atom is 0.431 e. The number of benzene rings is 3. The summed E-state index contributed by atoms with van der Waals surface area (Å²) in [5.41, 5.74) is -3.20. The minimum atomic E-state index is -6.50. The Labute approximate surface area is 211 Å². The highest BCUT2D eigenvalue weighted by Gasteiger charge is 2.66. The average molecular weight is 560 g/mol. The normalized spacial score (nSPS) is 12.3. The van der Waals surface area contributed by atoms with Crippen LogP contribution in [0.3, 0.4) is 0 Å². The molecule has 0 bridgehead atoms. The maximum absolute atomic E-state index is 14.4. The van der Waals surface area contributed by atoms with E-state index in [9.17, 15) is 51.0 Å². The topological polar surface area (TPSA) is 156 Å². The van der Waals surface area contributed by atoms with Gasteiger partial charge in [0, 0.05) is 12.1 Å². The van der Waals surface area contributed by atoms with Crippen molar-refractivity contribution >= 4 is 38.2 Å². The SMILES string of the molecule is O=C(OCCC(F)(F)C(F)(F)S(=O)(=O)OCc1c([N+](=O)[O-])cccc1[N+](=O)[O-])c1ccc2ccccc2c1. The van der Waals surface area contributed by atoms with Crippen LogP contribution in [-0.4, -0.2) is 42.0 Å². The van der Waals surface area contributed by atoms with Crippen LogP contribution >= 0.6 is 0 Å². The van der Waals surface area contributed by atoms with Crippen LogP contribution in [-0.2, 0) is 25.6 Å². The maximum atomic E-state index is 14.4. The zero-order chi connectivity index (χ0) is 28.3. The number of nitrogens with zero attached hydrogens (tertiary/aromatic N) is 2. The van der Waals surface area contributed by atoms with Gasteiger partial charge in [-0.25, -0.2) is 4.79 Å². The monoisotopic (exact) mass is 560 g/mol. The predicted octanol–water partition coefficient (Wildman–Crippen LogP) is 4.98. The number of rotatable bonds is 11. The van der Waals surface area contributed by atoms with Gasteiger partial charge in [0.25, 0.3) is 11.4 Å². The minimum absolute atomic E-state index is 0.0687. The van der Waals surface area contributed by atoms with Crippen molar-refractivity contribution in [3.8, 4) is 0 Å². The molecule has 38 heavy (non-hydrogen) atoms. The summed E-state index contributed by atoms with van der Waals surface area (Å²) in [4.78, 5) is 32.0. The van der Waals surface area contributed by atoms with Crippen LogP contribution in [0, 0.1) is 20.2 Å². The molecule has 0 atom stereocenters. The molecular formula is C22H16F4N2O9S. The van der Waals surface area contributed by atoms with E-state index in [0.717, 1.165) is 11.5 Å². The molecule has 0 radical (unpaired) electrons. The van der Waals surface area contributed by atoms with Crippen molar-refractivity contribution in [3.63, 3.8) is 0 Å². The molecule has 0 saturated heterocycles. The molecule has 0 aliphatic heterocycles. The molecule has 3 aromatic rings. The summed E-state index contributed by atoms with van der Waals surface area (Å²) in [5.74, 6) is -6.46. The van der Waals surface area contributed by atoms with E-state index in [1.807, 2.05) is 0 Å². The lowest BCUT2D eigenvalue weighted by atomic mass is 10.1. The van der Waals surface area contributed by atoms with Crippen molar-refractivity contribution in [1.82, 2.24) is 0 Å². The molecular weight excluding hydrogens is 544 g/mol. The predicted molar refractivity (Wildman–Crippen MR) is 122 cm³/mol. The Hall–Kier alpha value is -4.18. The molecule has 0 amide bonds. The third-order valence-corrected chi connectivity index (χ3v) is 6.61. The fourth-order valence-electron chi connectivity index (χ4n) is 3.26. The van der Waals surface area contributed by atoms with Crippen molar-refractivity contribution in [2.45, 2.75) is 24.2 Å². The number of esters is 1. The summed E-state index contributed by atoms with van der Waals surface area (Å²) in [7, 11) is -6.50. The van der Waals surface area contributed by atoms with Gasteiger partial charge in [0.2, 0.25) is 0 Å². The van der Waals surface area contributed by atoms with E-state index in [2.05, 4.69) is 8.92 Å². The first-order chi connectivity index (χ1) is 17.7. The molecule has 11 nitrogen and oxygen atoms in total. The first kappa shape index (κ1) is 28.4. The number of carbonyl (C=O) groups is 1. The Kier molecular flexibility index (Phi) is 7.97. The lowest BCUT2D eigenvalue weighted by Crippen LogP contribution is -2.48. The molecule has 0 saturated carbocycles.